The van der Waals surface area contributed by atoms with Gasteiger partial charge in [0.05, 0.1) is 25.1 Å². The Bertz CT molecular complexity index is 1310. The predicted octanol–water partition coefficient (Wildman–Crippen LogP) is 4.68. The normalized spacial score (nSPS) is 14.3. The molecule has 0 aliphatic carbocycles. The highest BCUT2D eigenvalue weighted by molar-refractivity contribution is 5.87. The predicted molar refractivity (Wildman–Crippen MR) is 161 cm³/mol. The fourth-order valence-corrected chi connectivity index (χ4v) is 3.96. The van der Waals surface area contributed by atoms with Crippen LogP contribution < -0.4 is 10.9 Å². The number of amides is 2. The molecule has 0 saturated carbocycles. The van der Waals surface area contributed by atoms with Gasteiger partial charge in [-0.2, -0.15) is 0 Å². The molecule has 41 heavy (non-hydrogen) atoms. The van der Waals surface area contributed by atoms with Gasteiger partial charge in [-0.05, 0) is 49.0 Å². The van der Waals surface area contributed by atoms with Crippen molar-refractivity contribution in [3.05, 3.63) is 70.8 Å². The molecule has 2 amide bonds. The van der Waals surface area contributed by atoms with Crippen molar-refractivity contribution >= 4 is 36.2 Å². The summed E-state index contributed by atoms with van der Waals surface area (Å²) in [5, 5.41) is 2.41. The van der Waals surface area contributed by atoms with Crippen LogP contribution in [0.2, 0.25) is 0 Å². The lowest BCUT2D eigenvalue weighted by atomic mass is 10.1. The lowest BCUT2D eigenvalue weighted by Crippen LogP contribution is -2.46. The van der Waals surface area contributed by atoms with E-state index in [1.807, 2.05) is 30.4 Å². The number of esters is 1. The fraction of sp³-hybridized carbons (Fsp3) is 0.387. The number of methoxy groups -OCH3 is 1. The molecule has 1 aliphatic rings. The van der Waals surface area contributed by atoms with Crippen LogP contribution in [0.3, 0.4) is 0 Å². The van der Waals surface area contributed by atoms with Gasteiger partial charge in [0.25, 0.3) is 5.56 Å². The van der Waals surface area contributed by atoms with Crippen LogP contribution in [0.1, 0.15) is 57.0 Å². The van der Waals surface area contributed by atoms with Gasteiger partial charge in [0, 0.05) is 12.1 Å². The molecule has 220 valence electrons. The van der Waals surface area contributed by atoms with Crippen molar-refractivity contribution in [2.75, 3.05) is 26.8 Å². The number of benzene rings is 1. The molecule has 0 spiro atoms. The molecule has 3 rings (SSSR count). The molecule has 1 unspecified atom stereocenters. The highest BCUT2D eigenvalue weighted by atomic mass is 16.5. The van der Waals surface area contributed by atoms with Gasteiger partial charge in [0.2, 0.25) is 5.91 Å². The molecule has 0 bridgehead atoms. The summed E-state index contributed by atoms with van der Waals surface area (Å²) in [4.78, 5) is 57.1. The Balaban J connectivity index is 0.00000138. The number of hydrogen-bond donors (Lipinski definition) is 2. The van der Waals surface area contributed by atoms with Crippen LogP contribution in [0.15, 0.2) is 48.3 Å². The molecule has 0 radical (unpaired) electrons. The average molecular weight is 565 g/mol. The van der Waals surface area contributed by atoms with Crippen LogP contribution in [0.4, 0.5) is 4.79 Å². The SMILES string of the molecule is C=Cc1nc(-c2cccc(/C=C/CCOC(=O)NCC(=O)N3CCCC3C(=O)OC)c2)c(=O)[nH]c1C=C.CC(C)C. The highest BCUT2D eigenvalue weighted by Crippen LogP contribution is 2.19. The molecule has 2 aromatic rings. The summed E-state index contributed by atoms with van der Waals surface area (Å²) in [5.74, 6) is 0.0122. The summed E-state index contributed by atoms with van der Waals surface area (Å²) in [5.41, 5.74) is 2.48. The van der Waals surface area contributed by atoms with Crippen LogP contribution in [-0.4, -0.2) is 65.7 Å². The first-order chi connectivity index (χ1) is 19.6. The maximum absolute atomic E-state index is 12.5. The number of rotatable bonds is 10. The van der Waals surface area contributed by atoms with Gasteiger partial charge in [-0.25, -0.2) is 14.6 Å². The molecule has 1 aromatic carbocycles. The maximum atomic E-state index is 12.5. The molecule has 2 N–H and O–H groups in total. The Morgan fingerprint density at radius 2 is 1.95 bits per heavy atom. The Kier molecular flexibility index (Phi) is 13.2. The quantitative estimate of drug-likeness (QED) is 0.317. The number of carbonyl (C=O) groups is 3. The Morgan fingerprint density at radius 3 is 2.61 bits per heavy atom. The summed E-state index contributed by atoms with van der Waals surface area (Å²) in [7, 11) is 1.28. The number of alkyl carbamates (subject to hydrolysis) is 1. The molecule has 10 heteroatoms. The first-order valence-corrected chi connectivity index (χ1v) is 13.5. The first kappa shape index (κ1) is 32.7. The summed E-state index contributed by atoms with van der Waals surface area (Å²) >= 11 is 0. The zero-order valence-corrected chi connectivity index (χ0v) is 24.3. The number of nitrogens with zero attached hydrogens (tertiary/aromatic N) is 2. The van der Waals surface area contributed by atoms with E-state index in [4.69, 9.17) is 9.47 Å². The second kappa shape index (κ2) is 16.6. The van der Waals surface area contributed by atoms with Crippen molar-refractivity contribution in [1.29, 1.82) is 0 Å². The topological polar surface area (TPSA) is 131 Å². The monoisotopic (exact) mass is 564 g/mol. The van der Waals surface area contributed by atoms with Crippen LogP contribution in [0.5, 0.6) is 0 Å². The number of aromatic nitrogens is 2. The lowest BCUT2D eigenvalue weighted by Gasteiger charge is -2.22. The number of ether oxygens (including phenoxy) is 2. The molecule has 1 fully saturated rings. The smallest absolute Gasteiger partial charge is 0.407 e. The minimum absolute atomic E-state index is 0.109. The minimum Gasteiger partial charge on any atom is -0.467 e. The lowest BCUT2D eigenvalue weighted by molar-refractivity contribution is -0.150. The van der Waals surface area contributed by atoms with E-state index in [-0.39, 0.29) is 30.3 Å². The van der Waals surface area contributed by atoms with Gasteiger partial charge in [0.15, 0.2) is 0 Å². The minimum atomic E-state index is -0.719. The second-order valence-electron chi connectivity index (χ2n) is 9.93. The fourth-order valence-electron chi connectivity index (χ4n) is 3.96. The van der Waals surface area contributed by atoms with Crippen LogP contribution in [0, 0.1) is 5.92 Å². The van der Waals surface area contributed by atoms with Crippen LogP contribution >= 0.6 is 0 Å². The standard InChI is InChI=1S/C27H30N4O6.C4H10/c1-4-20-21(5-2)30-25(33)24(29-20)19-12-8-11-18(16-19)10-6-7-15-37-27(35)28-17-23(32)31-14-9-13-22(31)26(34)36-3;1-4(2)3/h4-6,8,10-12,16,22H,1-2,7,9,13-15,17H2,3H3,(H,28,35)(H,30,33);4H,1-3H3/b10-6+;. The van der Waals surface area contributed by atoms with E-state index in [9.17, 15) is 19.2 Å². The van der Waals surface area contributed by atoms with E-state index in [0.717, 1.165) is 11.5 Å². The van der Waals surface area contributed by atoms with Crippen molar-refractivity contribution in [3.8, 4) is 11.3 Å². The summed E-state index contributed by atoms with van der Waals surface area (Å²) in [6.07, 6.45) is 7.71. The summed E-state index contributed by atoms with van der Waals surface area (Å²) in [6.45, 7) is 14.2. The van der Waals surface area contributed by atoms with E-state index in [0.29, 0.717) is 42.8 Å². The number of nitrogens with one attached hydrogen (secondary N) is 2. The van der Waals surface area contributed by atoms with Gasteiger partial charge >= 0.3 is 12.1 Å². The van der Waals surface area contributed by atoms with Gasteiger partial charge < -0.3 is 24.7 Å². The van der Waals surface area contributed by atoms with Gasteiger partial charge in [0.1, 0.15) is 18.3 Å². The molecule has 2 heterocycles. The van der Waals surface area contributed by atoms with E-state index in [2.05, 4.69) is 49.2 Å². The number of hydrogen-bond acceptors (Lipinski definition) is 7. The molecule has 1 atom stereocenters. The number of likely N-dealkylation sites (tertiary alicyclic amines) is 1. The average Bonchev–Trinajstić information content (AvgIpc) is 3.45. The molecule has 1 aromatic heterocycles. The third-order valence-corrected chi connectivity index (χ3v) is 5.79. The third-order valence-electron chi connectivity index (χ3n) is 5.79. The zero-order valence-electron chi connectivity index (χ0n) is 24.3. The molecular formula is C31H40N4O6. The molecule has 1 saturated heterocycles. The Morgan fingerprint density at radius 1 is 1.22 bits per heavy atom. The van der Waals surface area contributed by atoms with Crippen molar-refractivity contribution in [2.24, 2.45) is 5.92 Å². The van der Waals surface area contributed by atoms with E-state index in [1.165, 1.54) is 18.1 Å². The van der Waals surface area contributed by atoms with E-state index >= 15 is 0 Å². The number of H-pyrrole nitrogens is 1. The highest BCUT2D eigenvalue weighted by Gasteiger charge is 2.34. The molecular weight excluding hydrogens is 524 g/mol. The zero-order chi connectivity index (χ0) is 30.4. The van der Waals surface area contributed by atoms with Crippen molar-refractivity contribution in [2.45, 2.75) is 46.1 Å². The number of aromatic amines is 1. The van der Waals surface area contributed by atoms with Crippen molar-refractivity contribution < 1.29 is 23.9 Å². The third kappa shape index (κ3) is 10.2. The van der Waals surface area contributed by atoms with Gasteiger partial charge in [-0.15, -0.1) is 0 Å². The molecule has 1 aliphatic heterocycles. The van der Waals surface area contributed by atoms with Crippen LogP contribution in [0.25, 0.3) is 29.5 Å². The van der Waals surface area contributed by atoms with E-state index in [1.54, 1.807) is 12.1 Å². The van der Waals surface area contributed by atoms with Crippen LogP contribution in [-0.2, 0) is 19.1 Å². The maximum Gasteiger partial charge on any atom is 0.407 e. The largest absolute Gasteiger partial charge is 0.467 e. The van der Waals surface area contributed by atoms with Crippen molar-refractivity contribution in [3.63, 3.8) is 0 Å². The van der Waals surface area contributed by atoms with Gasteiger partial charge in [-0.1, -0.05) is 64.3 Å². The van der Waals surface area contributed by atoms with E-state index < -0.39 is 18.1 Å². The first-order valence-electron chi connectivity index (χ1n) is 13.5. The second-order valence-corrected chi connectivity index (χ2v) is 9.93. The van der Waals surface area contributed by atoms with Gasteiger partial charge in [-0.3, -0.25) is 9.59 Å². The summed E-state index contributed by atoms with van der Waals surface area (Å²) < 4.78 is 9.83. The Labute approximate surface area is 241 Å². The summed E-state index contributed by atoms with van der Waals surface area (Å²) in [6, 6.07) is 6.70. The Hall–Kier alpha value is -4.47. The van der Waals surface area contributed by atoms with Crippen molar-refractivity contribution in [1.82, 2.24) is 20.2 Å². The molecule has 10 nitrogen and oxygen atoms in total. The number of carbonyl (C=O) groups excluding carboxylic acids is 3.